The Bertz CT molecular complexity index is 753. The minimum Gasteiger partial charge on any atom is -0.387 e. The summed E-state index contributed by atoms with van der Waals surface area (Å²) < 4.78 is 0. The van der Waals surface area contributed by atoms with E-state index in [1.54, 1.807) is 31.4 Å². The first-order chi connectivity index (χ1) is 10.2. The molecule has 2 rings (SSSR count). The van der Waals surface area contributed by atoms with Crippen LogP contribution in [0.1, 0.15) is 21.6 Å². The van der Waals surface area contributed by atoms with Crippen LogP contribution in [0.15, 0.2) is 36.5 Å². The topological polar surface area (TPSA) is 102 Å². The first-order valence-electron chi connectivity index (χ1n) is 6.07. The van der Waals surface area contributed by atoms with Crippen molar-refractivity contribution in [3.8, 4) is 12.1 Å². The highest BCUT2D eigenvalue weighted by Crippen LogP contribution is 2.15. The molecule has 0 fully saturated rings. The Labute approximate surface area is 121 Å². The summed E-state index contributed by atoms with van der Waals surface area (Å²) >= 11 is 0. The van der Waals surface area contributed by atoms with Gasteiger partial charge in [0.1, 0.15) is 17.8 Å². The number of carbonyl (C=O) groups is 1. The van der Waals surface area contributed by atoms with E-state index in [0.717, 1.165) is 5.69 Å². The van der Waals surface area contributed by atoms with Gasteiger partial charge in [-0.25, -0.2) is 4.98 Å². The van der Waals surface area contributed by atoms with Gasteiger partial charge in [0.2, 0.25) is 0 Å². The fraction of sp³-hybridized carbons (Fsp3) is 0.0667. The molecule has 0 bridgehead atoms. The molecule has 0 aliphatic carbocycles. The van der Waals surface area contributed by atoms with Crippen LogP contribution in [0.5, 0.6) is 0 Å². The van der Waals surface area contributed by atoms with Crippen LogP contribution < -0.4 is 10.6 Å². The van der Waals surface area contributed by atoms with Gasteiger partial charge in [-0.1, -0.05) is 0 Å². The number of nitrogens with zero attached hydrogens (tertiary/aromatic N) is 3. The highest BCUT2D eigenvalue weighted by atomic mass is 16.1. The zero-order chi connectivity index (χ0) is 15.2. The molecule has 2 aromatic rings. The number of amides is 1. The van der Waals surface area contributed by atoms with Gasteiger partial charge in [0.25, 0.3) is 5.91 Å². The molecule has 1 heterocycles. The molecule has 0 aliphatic heterocycles. The number of carbonyl (C=O) groups excluding carboxylic acids is 1. The molecule has 6 heteroatoms. The fourth-order valence-electron chi connectivity index (χ4n) is 1.68. The number of pyridine rings is 1. The predicted molar refractivity (Wildman–Crippen MR) is 77.6 cm³/mol. The van der Waals surface area contributed by atoms with Crippen molar-refractivity contribution in [3.05, 3.63) is 53.3 Å². The lowest BCUT2D eigenvalue weighted by Crippen LogP contribution is -2.13. The van der Waals surface area contributed by atoms with Gasteiger partial charge in [0.05, 0.1) is 23.0 Å². The van der Waals surface area contributed by atoms with Crippen LogP contribution in [0.25, 0.3) is 0 Å². The summed E-state index contributed by atoms with van der Waals surface area (Å²) in [5, 5.41) is 23.3. The maximum atomic E-state index is 12.0. The molecule has 6 nitrogen and oxygen atoms in total. The first kappa shape index (κ1) is 14.0. The van der Waals surface area contributed by atoms with E-state index < -0.39 is 0 Å². The third-order valence-electron chi connectivity index (χ3n) is 2.80. The molecule has 0 spiro atoms. The monoisotopic (exact) mass is 277 g/mol. The molecule has 1 amide bonds. The molecular formula is C15H11N5O. The zero-order valence-corrected chi connectivity index (χ0v) is 11.2. The van der Waals surface area contributed by atoms with Gasteiger partial charge in [-0.05, 0) is 30.3 Å². The minimum absolute atomic E-state index is 0.216. The highest BCUT2D eigenvalue weighted by molar-refractivity contribution is 6.03. The Morgan fingerprint density at radius 1 is 1.10 bits per heavy atom. The highest BCUT2D eigenvalue weighted by Gasteiger charge is 2.09. The molecule has 1 aromatic heterocycles. The second-order valence-corrected chi connectivity index (χ2v) is 4.12. The molecule has 1 aromatic carbocycles. The predicted octanol–water partition coefficient (Wildman–Crippen LogP) is 2.12. The lowest BCUT2D eigenvalue weighted by Gasteiger charge is -2.06. The summed E-state index contributed by atoms with van der Waals surface area (Å²) in [6, 6.07) is 11.7. The summed E-state index contributed by atoms with van der Waals surface area (Å²) in [4.78, 5) is 16.1. The van der Waals surface area contributed by atoms with E-state index in [1.807, 2.05) is 12.1 Å². The van der Waals surface area contributed by atoms with Crippen molar-refractivity contribution in [3.63, 3.8) is 0 Å². The minimum atomic E-state index is -0.383. The SMILES string of the molecule is CNc1ccc(C(=O)Nc2ccc(C#N)c(C#N)c2)nc1. The third-order valence-corrected chi connectivity index (χ3v) is 2.80. The van der Waals surface area contributed by atoms with Gasteiger partial charge >= 0.3 is 0 Å². The van der Waals surface area contributed by atoms with Crippen LogP contribution >= 0.6 is 0 Å². The van der Waals surface area contributed by atoms with Crippen LogP contribution in [0, 0.1) is 22.7 Å². The zero-order valence-electron chi connectivity index (χ0n) is 11.2. The van der Waals surface area contributed by atoms with E-state index in [4.69, 9.17) is 10.5 Å². The molecule has 0 aliphatic rings. The van der Waals surface area contributed by atoms with Crippen molar-refractivity contribution in [2.45, 2.75) is 0 Å². The van der Waals surface area contributed by atoms with Crippen molar-refractivity contribution in [2.75, 3.05) is 17.7 Å². The van der Waals surface area contributed by atoms with Gasteiger partial charge < -0.3 is 10.6 Å². The number of rotatable bonds is 3. The van der Waals surface area contributed by atoms with Crippen molar-refractivity contribution in [1.82, 2.24) is 4.98 Å². The molecule has 0 unspecified atom stereocenters. The number of nitrogens with one attached hydrogen (secondary N) is 2. The molecule has 2 N–H and O–H groups in total. The summed E-state index contributed by atoms with van der Waals surface area (Å²) in [5.74, 6) is -0.383. The van der Waals surface area contributed by atoms with Crippen LogP contribution in [-0.4, -0.2) is 17.9 Å². The van der Waals surface area contributed by atoms with Gasteiger partial charge in [0.15, 0.2) is 0 Å². The summed E-state index contributed by atoms with van der Waals surface area (Å²) in [6.45, 7) is 0. The summed E-state index contributed by atoms with van der Waals surface area (Å²) in [7, 11) is 1.76. The van der Waals surface area contributed by atoms with Crippen LogP contribution in [0.4, 0.5) is 11.4 Å². The maximum Gasteiger partial charge on any atom is 0.274 e. The largest absolute Gasteiger partial charge is 0.387 e. The smallest absolute Gasteiger partial charge is 0.274 e. The average molecular weight is 277 g/mol. The number of benzene rings is 1. The van der Waals surface area contributed by atoms with E-state index in [1.165, 1.54) is 12.1 Å². The number of aromatic nitrogens is 1. The Morgan fingerprint density at radius 3 is 2.38 bits per heavy atom. The van der Waals surface area contributed by atoms with Gasteiger partial charge in [-0.2, -0.15) is 10.5 Å². The van der Waals surface area contributed by atoms with Gasteiger partial charge in [0, 0.05) is 12.7 Å². The summed E-state index contributed by atoms with van der Waals surface area (Å²) in [6.07, 6.45) is 1.55. The fourth-order valence-corrected chi connectivity index (χ4v) is 1.68. The Morgan fingerprint density at radius 2 is 1.81 bits per heavy atom. The average Bonchev–Trinajstić information content (AvgIpc) is 2.54. The quantitative estimate of drug-likeness (QED) is 0.894. The van der Waals surface area contributed by atoms with Crippen molar-refractivity contribution in [1.29, 1.82) is 10.5 Å². The van der Waals surface area contributed by atoms with Crippen molar-refractivity contribution >= 4 is 17.3 Å². The summed E-state index contributed by atoms with van der Waals surface area (Å²) in [5.41, 5.74) is 1.99. The van der Waals surface area contributed by atoms with E-state index >= 15 is 0 Å². The first-order valence-corrected chi connectivity index (χ1v) is 6.07. The molecular weight excluding hydrogens is 266 g/mol. The molecule has 0 atom stereocenters. The van der Waals surface area contributed by atoms with Crippen LogP contribution in [0.2, 0.25) is 0 Å². The Balaban J connectivity index is 2.19. The lowest BCUT2D eigenvalue weighted by molar-refractivity contribution is 0.102. The van der Waals surface area contributed by atoms with Crippen molar-refractivity contribution in [2.24, 2.45) is 0 Å². The lowest BCUT2D eigenvalue weighted by atomic mass is 10.1. The standard InChI is InChI=1S/C15H11N5O/c1-18-13-4-5-14(19-9-13)15(21)20-12-3-2-10(7-16)11(6-12)8-17/h2-6,9,18H,1H3,(H,20,21). The number of nitriles is 2. The molecule has 21 heavy (non-hydrogen) atoms. The molecule has 0 saturated carbocycles. The second-order valence-electron chi connectivity index (χ2n) is 4.12. The third kappa shape index (κ3) is 3.14. The van der Waals surface area contributed by atoms with E-state index in [0.29, 0.717) is 5.69 Å². The Kier molecular flexibility index (Phi) is 4.13. The maximum absolute atomic E-state index is 12.0. The number of hydrogen-bond acceptors (Lipinski definition) is 5. The van der Waals surface area contributed by atoms with Crippen LogP contribution in [0.3, 0.4) is 0 Å². The van der Waals surface area contributed by atoms with E-state index in [-0.39, 0.29) is 22.7 Å². The van der Waals surface area contributed by atoms with E-state index in [9.17, 15) is 4.79 Å². The van der Waals surface area contributed by atoms with E-state index in [2.05, 4.69) is 15.6 Å². The number of anilines is 2. The molecule has 0 radical (unpaired) electrons. The van der Waals surface area contributed by atoms with Crippen molar-refractivity contribution < 1.29 is 4.79 Å². The second kappa shape index (κ2) is 6.18. The Hall–Kier alpha value is -3.38. The molecule has 102 valence electrons. The number of hydrogen-bond donors (Lipinski definition) is 2. The van der Waals surface area contributed by atoms with Gasteiger partial charge in [-0.3, -0.25) is 4.79 Å². The molecule has 0 saturated heterocycles. The normalized spacial score (nSPS) is 9.29. The van der Waals surface area contributed by atoms with Crippen LogP contribution in [-0.2, 0) is 0 Å². The van der Waals surface area contributed by atoms with Gasteiger partial charge in [-0.15, -0.1) is 0 Å².